The van der Waals surface area contributed by atoms with Gasteiger partial charge in [0.05, 0.1) is 16.2 Å². The van der Waals surface area contributed by atoms with Gasteiger partial charge in [-0.25, -0.2) is 8.42 Å². The molecule has 2 heterocycles. The van der Waals surface area contributed by atoms with E-state index in [0.29, 0.717) is 36.0 Å². The number of fused-ring (bicyclic) bond motifs is 1. The number of rotatable bonds is 5. The summed E-state index contributed by atoms with van der Waals surface area (Å²) in [7, 11) is -1.70. The quantitative estimate of drug-likeness (QED) is 0.565. The largest absolute Gasteiger partial charge is 0.492 e. The number of hydrogen-bond acceptors (Lipinski definition) is 5. The number of hydrogen-bond donors (Lipinski definition) is 0. The highest BCUT2D eigenvalue weighted by Crippen LogP contribution is 2.27. The van der Waals surface area contributed by atoms with Crippen molar-refractivity contribution in [3.63, 3.8) is 0 Å². The highest BCUT2D eigenvalue weighted by Gasteiger charge is 2.28. The molecule has 0 saturated carbocycles. The van der Waals surface area contributed by atoms with Crippen LogP contribution < -0.4 is 9.54 Å². The Morgan fingerprint density at radius 2 is 1.84 bits per heavy atom. The van der Waals surface area contributed by atoms with Crippen molar-refractivity contribution in [3.8, 4) is 5.75 Å². The van der Waals surface area contributed by atoms with Gasteiger partial charge in [0.2, 0.25) is 10.0 Å². The molecule has 1 fully saturated rings. The topological polar surface area (TPSA) is 81.0 Å². The number of carbonyl (C=O) groups excluding carboxylic acids is 1. The fourth-order valence-corrected chi connectivity index (χ4v) is 6.35. The molecule has 3 aromatic rings. The first-order valence-corrected chi connectivity index (χ1v) is 13.0. The molecule has 4 rings (SSSR count). The molecular formula is C23H27N3O4S2. The van der Waals surface area contributed by atoms with Gasteiger partial charge in [0.25, 0.3) is 5.91 Å². The second-order valence-corrected chi connectivity index (χ2v) is 11.0. The van der Waals surface area contributed by atoms with E-state index in [-0.39, 0.29) is 4.90 Å². The molecule has 1 saturated heterocycles. The number of carbonyl (C=O) groups is 1. The maximum atomic E-state index is 12.9. The first-order chi connectivity index (χ1) is 15.3. The van der Waals surface area contributed by atoms with Crippen LogP contribution in [-0.4, -0.2) is 42.9 Å². The van der Waals surface area contributed by atoms with Gasteiger partial charge in [0.15, 0.2) is 4.80 Å². The summed E-state index contributed by atoms with van der Waals surface area (Å²) in [6.07, 6.45) is 1.73. The lowest BCUT2D eigenvalue weighted by atomic mass is 10.0. The number of benzene rings is 2. The predicted octanol–water partition coefficient (Wildman–Crippen LogP) is 3.80. The molecule has 9 heteroatoms. The van der Waals surface area contributed by atoms with Crippen molar-refractivity contribution in [1.29, 1.82) is 0 Å². The summed E-state index contributed by atoms with van der Waals surface area (Å²) in [5.41, 5.74) is 1.24. The maximum absolute atomic E-state index is 12.9. The van der Waals surface area contributed by atoms with E-state index in [1.165, 1.54) is 39.9 Å². The Kier molecular flexibility index (Phi) is 6.50. The third-order valence-electron chi connectivity index (χ3n) is 5.76. The van der Waals surface area contributed by atoms with Crippen molar-refractivity contribution >= 4 is 37.5 Å². The van der Waals surface area contributed by atoms with Crippen molar-refractivity contribution < 1.29 is 17.9 Å². The molecule has 170 valence electrons. The number of aromatic nitrogens is 1. The van der Waals surface area contributed by atoms with Crippen LogP contribution >= 0.6 is 11.3 Å². The van der Waals surface area contributed by atoms with E-state index in [9.17, 15) is 13.2 Å². The standard InChI is InChI=1S/C23H27N3O4S2/c1-4-30-19-6-5-7-20-21(19)25(3)23(31-20)24-22(27)17-8-10-18(11-9-17)32(28,29)26-14-12-16(2)13-15-26/h5-11,16H,4,12-15H2,1-3H3. The molecule has 0 N–H and O–H groups in total. The first kappa shape index (κ1) is 22.7. The molecule has 0 aliphatic carbocycles. The number of sulfonamides is 1. The Bertz CT molecular complexity index is 1300. The summed E-state index contributed by atoms with van der Waals surface area (Å²) in [6, 6.07) is 11.8. The summed E-state index contributed by atoms with van der Waals surface area (Å²) in [5, 5.41) is 0. The van der Waals surface area contributed by atoms with Gasteiger partial charge >= 0.3 is 0 Å². The summed E-state index contributed by atoms with van der Waals surface area (Å²) in [5.74, 6) is 0.878. The molecule has 1 aliphatic rings. The van der Waals surface area contributed by atoms with Crippen molar-refractivity contribution in [2.45, 2.75) is 31.6 Å². The Labute approximate surface area is 192 Å². The van der Waals surface area contributed by atoms with E-state index < -0.39 is 15.9 Å². The number of nitrogens with zero attached hydrogens (tertiary/aromatic N) is 3. The molecule has 0 spiro atoms. The van der Waals surface area contributed by atoms with Gasteiger partial charge in [0.1, 0.15) is 11.3 Å². The average Bonchev–Trinajstić information content (AvgIpc) is 3.10. The molecular weight excluding hydrogens is 446 g/mol. The second-order valence-electron chi connectivity index (χ2n) is 8.01. The summed E-state index contributed by atoms with van der Waals surface area (Å²) < 4.78 is 35.9. The van der Waals surface area contributed by atoms with E-state index in [1.807, 2.05) is 36.7 Å². The van der Waals surface area contributed by atoms with Crippen LogP contribution in [0, 0.1) is 5.92 Å². The Balaban J connectivity index is 1.60. The predicted molar refractivity (Wildman–Crippen MR) is 125 cm³/mol. The normalized spacial score (nSPS) is 16.5. The molecule has 0 unspecified atom stereocenters. The Hall–Kier alpha value is -2.49. The van der Waals surface area contributed by atoms with E-state index in [0.717, 1.165) is 28.8 Å². The highest BCUT2D eigenvalue weighted by molar-refractivity contribution is 7.89. The van der Waals surface area contributed by atoms with Gasteiger partial charge in [-0.15, -0.1) is 0 Å². The van der Waals surface area contributed by atoms with Crippen LogP contribution in [0.25, 0.3) is 10.2 Å². The molecule has 0 bridgehead atoms. The van der Waals surface area contributed by atoms with Crippen LogP contribution in [0.4, 0.5) is 0 Å². The van der Waals surface area contributed by atoms with Crippen molar-refractivity contribution in [2.75, 3.05) is 19.7 Å². The lowest BCUT2D eigenvalue weighted by molar-refractivity contribution is 0.0998. The minimum atomic E-state index is -3.55. The van der Waals surface area contributed by atoms with E-state index in [1.54, 1.807) is 0 Å². The number of piperidine rings is 1. The zero-order valence-electron chi connectivity index (χ0n) is 18.4. The number of amides is 1. The third-order valence-corrected chi connectivity index (χ3v) is 8.77. The minimum absolute atomic E-state index is 0.206. The summed E-state index contributed by atoms with van der Waals surface area (Å²) >= 11 is 1.41. The fraction of sp³-hybridized carbons (Fsp3) is 0.391. The van der Waals surface area contributed by atoms with Crippen molar-refractivity contribution in [3.05, 3.63) is 52.8 Å². The molecule has 1 aromatic heterocycles. The van der Waals surface area contributed by atoms with Gasteiger partial charge in [-0.3, -0.25) is 4.79 Å². The smallest absolute Gasteiger partial charge is 0.279 e. The van der Waals surface area contributed by atoms with E-state index >= 15 is 0 Å². The van der Waals surface area contributed by atoms with Gasteiger partial charge in [-0.2, -0.15) is 9.30 Å². The monoisotopic (exact) mass is 473 g/mol. The number of para-hydroxylation sites is 1. The van der Waals surface area contributed by atoms with Crippen LogP contribution in [0.2, 0.25) is 0 Å². The first-order valence-electron chi connectivity index (χ1n) is 10.7. The van der Waals surface area contributed by atoms with Crippen LogP contribution in [0.3, 0.4) is 0 Å². The summed E-state index contributed by atoms with van der Waals surface area (Å²) in [6.45, 7) is 5.68. The molecule has 2 aromatic carbocycles. The molecule has 0 radical (unpaired) electrons. The maximum Gasteiger partial charge on any atom is 0.279 e. The SMILES string of the molecule is CCOc1cccc2sc(=NC(=O)c3ccc(S(=O)(=O)N4CCC(C)CC4)cc3)n(C)c12. The van der Waals surface area contributed by atoms with Gasteiger partial charge in [-0.05, 0) is 62.1 Å². The Morgan fingerprint density at radius 3 is 2.50 bits per heavy atom. The number of aryl methyl sites for hydroxylation is 1. The minimum Gasteiger partial charge on any atom is -0.492 e. The molecule has 0 atom stereocenters. The van der Waals surface area contributed by atoms with Gasteiger partial charge in [0, 0.05) is 25.7 Å². The second kappa shape index (κ2) is 9.17. The zero-order valence-corrected chi connectivity index (χ0v) is 20.1. The highest BCUT2D eigenvalue weighted by atomic mass is 32.2. The molecule has 1 aliphatic heterocycles. The van der Waals surface area contributed by atoms with Crippen molar-refractivity contribution in [2.24, 2.45) is 18.0 Å². The average molecular weight is 474 g/mol. The third kappa shape index (κ3) is 4.37. The Morgan fingerprint density at radius 1 is 1.16 bits per heavy atom. The van der Waals surface area contributed by atoms with Crippen LogP contribution in [-0.2, 0) is 17.1 Å². The van der Waals surface area contributed by atoms with E-state index in [2.05, 4.69) is 11.9 Å². The molecule has 7 nitrogen and oxygen atoms in total. The number of ether oxygens (including phenoxy) is 1. The molecule has 1 amide bonds. The molecule has 32 heavy (non-hydrogen) atoms. The van der Waals surface area contributed by atoms with Crippen LogP contribution in [0.1, 0.15) is 37.0 Å². The lowest BCUT2D eigenvalue weighted by Gasteiger charge is -2.29. The van der Waals surface area contributed by atoms with Crippen LogP contribution in [0.5, 0.6) is 5.75 Å². The lowest BCUT2D eigenvalue weighted by Crippen LogP contribution is -2.37. The van der Waals surface area contributed by atoms with Crippen LogP contribution in [0.15, 0.2) is 52.4 Å². The van der Waals surface area contributed by atoms with Gasteiger partial charge in [-0.1, -0.05) is 24.3 Å². The number of thiazole rings is 1. The van der Waals surface area contributed by atoms with Crippen molar-refractivity contribution in [1.82, 2.24) is 8.87 Å². The van der Waals surface area contributed by atoms with E-state index in [4.69, 9.17) is 4.74 Å². The van der Waals surface area contributed by atoms with Gasteiger partial charge < -0.3 is 9.30 Å². The zero-order chi connectivity index (χ0) is 22.9. The fourth-order valence-electron chi connectivity index (χ4n) is 3.84. The summed E-state index contributed by atoms with van der Waals surface area (Å²) in [4.78, 5) is 17.8.